The molecule has 0 aliphatic carbocycles. The van der Waals surface area contributed by atoms with Gasteiger partial charge in [0.25, 0.3) is 0 Å². The summed E-state index contributed by atoms with van der Waals surface area (Å²) in [6.45, 7) is 0. The minimum atomic E-state index is 0.915. The van der Waals surface area contributed by atoms with Crippen LogP contribution in [0.3, 0.4) is 0 Å². The predicted octanol–water partition coefficient (Wildman–Crippen LogP) is 7.31. The molecular formula is C30H22N4. The van der Waals surface area contributed by atoms with Crippen molar-refractivity contribution in [2.24, 2.45) is 9.98 Å². The topological polar surface area (TPSA) is 50.5 Å². The molecule has 0 aliphatic rings. The Morgan fingerprint density at radius 1 is 0.382 bits per heavy atom. The van der Waals surface area contributed by atoms with Gasteiger partial charge >= 0.3 is 0 Å². The molecule has 0 amide bonds. The second-order valence-electron chi connectivity index (χ2n) is 7.75. The van der Waals surface area contributed by atoms with Crippen LogP contribution in [-0.4, -0.2) is 22.4 Å². The number of pyridine rings is 2. The lowest BCUT2D eigenvalue weighted by atomic mass is 10.1. The maximum Gasteiger partial charge on any atom is 0.0630 e. The first-order chi connectivity index (χ1) is 16.8. The molecule has 0 bridgehead atoms. The van der Waals surface area contributed by atoms with E-state index in [1.165, 1.54) is 0 Å². The summed E-state index contributed by atoms with van der Waals surface area (Å²) >= 11 is 0. The van der Waals surface area contributed by atoms with E-state index in [0.29, 0.717) is 0 Å². The first-order valence-electron chi connectivity index (χ1n) is 11.0. The molecule has 0 radical (unpaired) electrons. The molecule has 5 rings (SSSR count). The Kier molecular flexibility index (Phi) is 6.40. The summed E-state index contributed by atoms with van der Waals surface area (Å²) in [5.41, 5.74) is 8.50. The second kappa shape index (κ2) is 10.3. The number of nitrogens with zero attached hydrogens (tertiary/aromatic N) is 4. The van der Waals surface area contributed by atoms with Crippen molar-refractivity contribution >= 4 is 23.8 Å². The third kappa shape index (κ3) is 5.37. The first-order valence-corrected chi connectivity index (χ1v) is 11.0. The smallest absolute Gasteiger partial charge is 0.0630 e. The molecule has 4 nitrogen and oxygen atoms in total. The lowest BCUT2D eigenvalue weighted by molar-refractivity contribution is 1.33. The van der Waals surface area contributed by atoms with Crippen molar-refractivity contribution in [3.8, 4) is 22.3 Å². The lowest BCUT2D eigenvalue weighted by Crippen LogP contribution is -1.84. The number of aromatic nitrogens is 2. The highest BCUT2D eigenvalue weighted by molar-refractivity contribution is 5.86. The third-order valence-electron chi connectivity index (χ3n) is 5.42. The van der Waals surface area contributed by atoms with E-state index in [1.807, 2.05) is 85.2 Å². The van der Waals surface area contributed by atoms with Crippen LogP contribution in [0.5, 0.6) is 0 Å². The average Bonchev–Trinajstić information content (AvgIpc) is 2.93. The molecule has 0 unspecified atom stereocenters. The van der Waals surface area contributed by atoms with Crippen LogP contribution in [0.25, 0.3) is 22.3 Å². The van der Waals surface area contributed by atoms with Gasteiger partial charge in [0.05, 0.1) is 11.4 Å². The van der Waals surface area contributed by atoms with E-state index in [9.17, 15) is 0 Å². The van der Waals surface area contributed by atoms with Crippen molar-refractivity contribution in [3.05, 3.63) is 133 Å². The number of benzene rings is 3. The van der Waals surface area contributed by atoms with Crippen LogP contribution in [0.1, 0.15) is 11.1 Å². The monoisotopic (exact) mass is 438 g/mol. The van der Waals surface area contributed by atoms with E-state index in [-0.39, 0.29) is 0 Å². The van der Waals surface area contributed by atoms with Crippen LogP contribution >= 0.6 is 0 Å². The van der Waals surface area contributed by atoms with Gasteiger partial charge in [0.15, 0.2) is 0 Å². The highest BCUT2D eigenvalue weighted by Crippen LogP contribution is 2.23. The standard InChI is InChI=1S/C30H22N4/c1-2-24(22-34-30-11-7-26(8-12-30)28-15-19-32-20-16-28)4-3-23(1)21-33-29-9-5-25(6-10-29)27-13-17-31-18-14-27/h1-22H/b33-21+,34-22+. The fraction of sp³-hybridized carbons (Fsp3) is 0. The normalized spacial score (nSPS) is 11.3. The van der Waals surface area contributed by atoms with Gasteiger partial charge in [-0.3, -0.25) is 20.0 Å². The minimum Gasteiger partial charge on any atom is -0.265 e. The third-order valence-corrected chi connectivity index (χ3v) is 5.42. The zero-order valence-corrected chi connectivity index (χ0v) is 18.5. The summed E-state index contributed by atoms with van der Waals surface area (Å²) in [6, 6.07) is 32.6. The highest BCUT2D eigenvalue weighted by Gasteiger charge is 1.98. The number of aliphatic imine (C=N–C) groups is 2. The maximum absolute atomic E-state index is 4.59. The molecular weight excluding hydrogens is 416 g/mol. The Balaban J connectivity index is 1.21. The van der Waals surface area contributed by atoms with Crippen LogP contribution in [0, 0.1) is 0 Å². The molecule has 3 aromatic carbocycles. The lowest BCUT2D eigenvalue weighted by Gasteiger charge is -2.02. The van der Waals surface area contributed by atoms with E-state index in [0.717, 1.165) is 44.8 Å². The Labute approximate surface area is 199 Å². The summed E-state index contributed by atoms with van der Waals surface area (Å²) in [4.78, 5) is 17.3. The minimum absolute atomic E-state index is 0.915. The molecule has 5 aromatic rings. The zero-order chi connectivity index (χ0) is 23.0. The van der Waals surface area contributed by atoms with Gasteiger partial charge in [0.1, 0.15) is 0 Å². The van der Waals surface area contributed by atoms with Crippen molar-refractivity contribution in [1.82, 2.24) is 9.97 Å². The van der Waals surface area contributed by atoms with Gasteiger partial charge in [-0.15, -0.1) is 0 Å². The molecule has 34 heavy (non-hydrogen) atoms. The van der Waals surface area contributed by atoms with Gasteiger partial charge in [-0.2, -0.15) is 0 Å². The Bertz CT molecular complexity index is 1280. The Morgan fingerprint density at radius 2 is 0.706 bits per heavy atom. The zero-order valence-electron chi connectivity index (χ0n) is 18.5. The molecule has 0 saturated carbocycles. The van der Waals surface area contributed by atoms with E-state index in [4.69, 9.17) is 0 Å². The van der Waals surface area contributed by atoms with Crippen LogP contribution in [0.4, 0.5) is 11.4 Å². The van der Waals surface area contributed by atoms with Crippen molar-refractivity contribution in [2.75, 3.05) is 0 Å². The van der Waals surface area contributed by atoms with Crippen LogP contribution < -0.4 is 0 Å². The summed E-state index contributed by atoms with van der Waals surface area (Å²) in [7, 11) is 0. The molecule has 2 aromatic heterocycles. The molecule has 0 aliphatic heterocycles. The van der Waals surface area contributed by atoms with Crippen molar-refractivity contribution in [1.29, 1.82) is 0 Å². The maximum atomic E-state index is 4.59. The fourth-order valence-electron chi connectivity index (χ4n) is 3.53. The number of rotatable bonds is 6. The van der Waals surface area contributed by atoms with E-state index < -0.39 is 0 Å². The van der Waals surface area contributed by atoms with Gasteiger partial charge in [0, 0.05) is 37.2 Å². The quantitative estimate of drug-likeness (QED) is 0.261. The van der Waals surface area contributed by atoms with Gasteiger partial charge in [-0.1, -0.05) is 48.5 Å². The first kappa shape index (κ1) is 21.2. The van der Waals surface area contributed by atoms with Gasteiger partial charge < -0.3 is 0 Å². The van der Waals surface area contributed by atoms with E-state index in [1.54, 1.807) is 24.8 Å². The van der Waals surface area contributed by atoms with E-state index in [2.05, 4.69) is 44.2 Å². The molecule has 0 atom stereocenters. The van der Waals surface area contributed by atoms with Crippen molar-refractivity contribution in [2.45, 2.75) is 0 Å². The summed E-state index contributed by atoms with van der Waals surface area (Å²) in [6.07, 6.45) is 11.0. The molecule has 162 valence electrons. The van der Waals surface area contributed by atoms with Crippen molar-refractivity contribution in [3.63, 3.8) is 0 Å². The average molecular weight is 439 g/mol. The molecule has 4 heteroatoms. The van der Waals surface area contributed by atoms with Gasteiger partial charge in [0.2, 0.25) is 0 Å². The van der Waals surface area contributed by atoms with Gasteiger partial charge in [-0.05, 0) is 81.9 Å². The molecule has 0 fully saturated rings. The van der Waals surface area contributed by atoms with Crippen LogP contribution in [-0.2, 0) is 0 Å². The SMILES string of the molecule is C(=N\c1ccc(-c2ccncc2)cc1)/c1ccc(/C=N/c2ccc(-c3ccncc3)cc2)cc1. The molecule has 0 spiro atoms. The molecule has 0 saturated heterocycles. The highest BCUT2D eigenvalue weighted by atomic mass is 14.7. The van der Waals surface area contributed by atoms with Gasteiger partial charge in [-0.25, -0.2) is 0 Å². The summed E-state index contributed by atoms with van der Waals surface area (Å²) in [5, 5.41) is 0. The van der Waals surface area contributed by atoms with Crippen LogP contribution in [0.15, 0.2) is 132 Å². The number of hydrogen-bond acceptors (Lipinski definition) is 4. The second-order valence-corrected chi connectivity index (χ2v) is 7.75. The summed E-state index contributed by atoms with van der Waals surface area (Å²) < 4.78 is 0. The predicted molar refractivity (Wildman–Crippen MR) is 140 cm³/mol. The fourth-order valence-corrected chi connectivity index (χ4v) is 3.53. The number of hydrogen-bond donors (Lipinski definition) is 0. The molecule has 2 heterocycles. The van der Waals surface area contributed by atoms with E-state index >= 15 is 0 Å². The van der Waals surface area contributed by atoms with Crippen LogP contribution in [0.2, 0.25) is 0 Å². The summed E-state index contributed by atoms with van der Waals surface area (Å²) in [5.74, 6) is 0. The largest absolute Gasteiger partial charge is 0.265 e. The Hall–Kier alpha value is -4.70. The van der Waals surface area contributed by atoms with Crippen molar-refractivity contribution < 1.29 is 0 Å². The molecule has 0 N–H and O–H groups in total. The Morgan fingerprint density at radius 3 is 1.06 bits per heavy atom.